The van der Waals surface area contributed by atoms with Gasteiger partial charge in [-0.05, 0) is 83.5 Å². The fraction of sp³-hybridized carbons (Fsp3) is 0.714. The van der Waals surface area contributed by atoms with Gasteiger partial charge in [-0.3, -0.25) is 18.6 Å². The highest BCUT2D eigenvalue weighted by molar-refractivity contribution is 7.47. The number of allylic oxidation sites excluding steroid dienone is 18. The molecule has 0 spiro atoms. The van der Waals surface area contributed by atoms with E-state index in [2.05, 4.69) is 123 Å². The van der Waals surface area contributed by atoms with Crippen LogP contribution in [-0.2, 0) is 32.7 Å². The minimum atomic E-state index is -4.39. The third kappa shape index (κ3) is 63.8. The first-order chi connectivity index (χ1) is 39.0. The number of nitrogens with zero attached hydrogens (tertiary/aromatic N) is 1. The van der Waals surface area contributed by atoms with Crippen LogP contribution in [0.15, 0.2) is 109 Å². The summed E-state index contributed by atoms with van der Waals surface area (Å²) in [5.74, 6) is -0.796. The van der Waals surface area contributed by atoms with E-state index in [9.17, 15) is 19.0 Å². The standard InChI is InChI=1S/C70H122NO8P/c1-6-8-10-12-14-16-18-20-22-24-25-26-27-28-29-30-31-32-33-34-35-36-37-38-39-40-41-42-43-44-45-47-49-51-53-55-57-59-61-63-70(73)79-68(67-78-80(74,75)77-65-64-71(3,4)5)66-76-69(72)62-60-58-56-54-52-50-48-46-23-21-19-17-15-13-11-9-7-2/h8,10,14,16,20,22,25-26,28-29,31-32,34-35,37-38,40-41,68H,6-7,9,11-13,15,17-19,21,23-24,27,30,33,36,39,42-67H2,1-5H3/p+1/b10-8-,16-14-,22-20-,26-25-,29-28-,32-31-,35-34-,38-37-,41-40-. The first kappa shape index (κ1) is 76.7. The molecule has 0 aromatic heterocycles. The molecular formula is C70H123NO8P+. The van der Waals surface area contributed by atoms with Crippen molar-refractivity contribution in [3.05, 3.63) is 109 Å². The van der Waals surface area contributed by atoms with E-state index in [1.54, 1.807) is 0 Å². The van der Waals surface area contributed by atoms with Gasteiger partial charge in [0.25, 0.3) is 0 Å². The summed E-state index contributed by atoms with van der Waals surface area (Å²) in [5.41, 5.74) is 0. The number of unbranched alkanes of at least 4 members (excludes halogenated alkanes) is 27. The van der Waals surface area contributed by atoms with Crippen molar-refractivity contribution in [1.29, 1.82) is 0 Å². The number of carbonyl (C=O) groups excluding carboxylic acids is 2. The molecule has 0 fully saturated rings. The Hall–Kier alpha value is -3.33. The maximum atomic E-state index is 12.8. The van der Waals surface area contributed by atoms with Crippen molar-refractivity contribution < 1.29 is 42.1 Å². The predicted octanol–water partition coefficient (Wildman–Crippen LogP) is 20.9. The monoisotopic (exact) mass is 1140 g/mol. The van der Waals surface area contributed by atoms with Crippen molar-refractivity contribution in [2.75, 3.05) is 47.5 Å². The van der Waals surface area contributed by atoms with Gasteiger partial charge < -0.3 is 18.9 Å². The zero-order valence-electron chi connectivity index (χ0n) is 52.3. The van der Waals surface area contributed by atoms with Gasteiger partial charge in [-0.2, -0.15) is 0 Å². The van der Waals surface area contributed by atoms with Crippen LogP contribution >= 0.6 is 7.82 Å². The molecule has 0 aliphatic heterocycles. The largest absolute Gasteiger partial charge is 0.472 e. The van der Waals surface area contributed by atoms with Crippen LogP contribution in [0.2, 0.25) is 0 Å². The van der Waals surface area contributed by atoms with Crippen LogP contribution in [0.4, 0.5) is 0 Å². The van der Waals surface area contributed by atoms with Crippen LogP contribution in [0, 0.1) is 0 Å². The molecule has 0 aliphatic carbocycles. The van der Waals surface area contributed by atoms with Crippen LogP contribution in [0.25, 0.3) is 0 Å². The zero-order valence-corrected chi connectivity index (χ0v) is 53.2. The Labute approximate surface area is 493 Å². The Morgan fingerprint density at radius 1 is 0.400 bits per heavy atom. The number of hydrogen-bond donors (Lipinski definition) is 1. The third-order valence-corrected chi connectivity index (χ3v) is 14.8. The van der Waals surface area contributed by atoms with E-state index in [-0.39, 0.29) is 32.0 Å². The van der Waals surface area contributed by atoms with Crippen molar-refractivity contribution in [2.45, 2.75) is 277 Å². The third-order valence-electron chi connectivity index (χ3n) is 13.8. The van der Waals surface area contributed by atoms with Gasteiger partial charge >= 0.3 is 19.8 Å². The van der Waals surface area contributed by atoms with Crippen LogP contribution in [-0.4, -0.2) is 74.9 Å². The smallest absolute Gasteiger partial charge is 0.462 e. The summed E-state index contributed by atoms with van der Waals surface area (Å²) < 4.78 is 34.6. The molecule has 0 aromatic rings. The molecule has 0 radical (unpaired) electrons. The van der Waals surface area contributed by atoms with Crippen LogP contribution in [0.1, 0.15) is 271 Å². The number of hydrogen-bond acceptors (Lipinski definition) is 7. The van der Waals surface area contributed by atoms with E-state index < -0.39 is 26.5 Å². The summed E-state index contributed by atoms with van der Waals surface area (Å²) in [5, 5.41) is 0. The van der Waals surface area contributed by atoms with Crippen molar-refractivity contribution in [3.63, 3.8) is 0 Å². The number of quaternary nitrogens is 1. The molecule has 460 valence electrons. The molecule has 0 amide bonds. The van der Waals surface area contributed by atoms with E-state index in [1.165, 1.54) is 135 Å². The lowest BCUT2D eigenvalue weighted by molar-refractivity contribution is -0.870. The zero-order chi connectivity index (χ0) is 58.4. The molecule has 80 heavy (non-hydrogen) atoms. The quantitative estimate of drug-likeness (QED) is 0.0211. The van der Waals surface area contributed by atoms with Crippen molar-refractivity contribution in [1.82, 2.24) is 0 Å². The normalized spacial score (nSPS) is 13.9. The Bertz CT molecular complexity index is 1720. The lowest BCUT2D eigenvalue weighted by Gasteiger charge is -2.24. The van der Waals surface area contributed by atoms with E-state index in [0.29, 0.717) is 17.4 Å². The highest BCUT2D eigenvalue weighted by atomic mass is 31.2. The summed E-state index contributed by atoms with van der Waals surface area (Å²) >= 11 is 0. The first-order valence-electron chi connectivity index (χ1n) is 32.6. The highest BCUT2D eigenvalue weighted by Crippen LogP contribution is 2.43. The van der Waals surface area contributed by atoms with E-state index in [1.807, 2.05) is 21.1 Å². The molecule has 10 heteroatoms. The van der Waals surface area contributed by atoms with Crippen LogP contribution < -0.4 is 0 Å². The number of likely N-dealkylation sites (N-methyl/N-ethyl adjacent to an activating group) is 1. The Kier molecular flexibility index (Phi) is 57.8. The molecule has 9 nitrogen and oxygen atoms in total. The predicted molar refractivity (Wildman–Crippen MR) is 344 cm³/mol. The highest BCUT2D eigenvalue weighted by Gasteiger charge is 2.27. The van der Waals surface area contributed by atoms with E-state index in [0.717, 1.165) is 103 Å². The lowest BCUT2D eigenvalue weighted by Crippen LogP contribution is -2.37. The minimum Gasteiger partial charge on any atom is -0.462 e. The molecule has 2 unspecified atom stereocenters. The lowest BCUT2D eigenvalue weighted by atomic mass is 10.0. The van der Waals surface area contributed by atoms with Crippen LogP contribution in [0.5, 0.6) is 0 Å². The van der Waals surface area contributed by atoms with Crippen molar-refractivity contribution in [2.24, 2.45) is 0 Å². The van der Waals surface area contributed by atoms with Crippen LogP contribution in [0.3, 0.4) is 0 Å². The molecule has 0 aliphatic rings. The van der Waals surface area contributed by atoms with Gasteiger partial charge in [-0.25, -0.2) is 4.57 Å². The minimum absolute atomic E-state index is 0.0287. The maximum Gasteiger partial charge on any atom is 0.472 e. The first-order valence-corrected chi connectivity index (χ1v) is 34.1. The second kappa shape index (κ2) is 60.3. The van der Waals surface area contributed by atoms with Gasteiger partial charge in [-0.1, -0.05) is 284 Å². The van der Waals surface area contributed by atoms with E-state index in [4.69, 9.17) is 18.5 Å². The Morgan fingerprint density at radius 3 is 1.06 bits per heavy atom. The van der Waals surface area contributed by atoms with Crippen molar-refractivity contribution >= 4 is 19.8 Å². The summed E-state index contributed by atoms with van der Waals surface area (Å²) in [7, 11) is 1.47. The van der Waals surface area contributed by atoms with Gasteiger partial charge in [-0.15, -0.1) is 0 Å². The molecule has 0 saturated carbocycles. The summed E-state index contributed by atoms with van der Waals surface area (Å²) in [6.07, 6.45) is 84.6. The van der Waals surface area contributed by atoms with Gasteiger partial charge in [0, 0.05) is 12.8 Å². The fourth-order valence-electron chi connectivity index (χ4n) is 8.83. The number of phosphoric ester groups is 1. The topological polar surface area (TPSA) is 108 Å². The molecule has 0 aromatic carbocycles. The molecule has 2 atom stereocenters. The SMILES string of the molecule is CC/C=C\C/C=C\C/C=C\C/C=C\C/C=C\C/C=C\C/C=C\C/C=C\C/C=C\CCCCCCCCCCCCCC(=O)OC(COC(=O)CCCCCCCCCCCCCCCCCCC)COP(=O)(O)OCC[N+](C)(C)C. The maximum absolute atomic E-state index is 12.8. The molecular weight excluding hydrogens is 1010 g/mol. The van der Waals surface area contributed by atoms with E-state index >= 15 is 0 Å². The molecule has 0 rings (SSSR count). The average Bonchev–Trinajstić information content (AvgIpc) is 3.42. The second-order valence-electron chi connectivity index (χ2n) is 22.8. The van der Waals surface area contributed by atoms with Gasteiger partial charge in [0.1, 0.15) is 19.8 Å². The summed E-state index contributed by atoms with van der Waals surface area (Å²) in [6, 6.07) is 0. The van der Waals surface area contributed by atoms with Gasteiger partial charge in [0.05, 0.1) is 27.7 Å². The second-order valence-corrected chi connectivity index (χ2v) is 24.2. The number of esters is 2. The summed E-state index contributed by atoms with van der Waals surface area (Å²) in [6.45, 7) is 4.34. The summed E-state index contributed by atoms with van der Waals surface area (Å²) in [4.78, 5) is 35.7. The molecule has 1 N–H and O–H groups in total. The van der Waals surface area contributed by atoms with Gasteiger partial charge in [0.15, 0.2) is 6.10 Å². The number of carbonyl (C=O) groups is 2. The van der Waals surface area contributed by atoms with Gasteiger partial charge in [0.2, 0.25) is 0 Å². The molecule has 0 heterocycles. The molecule has 0 saturated heterocycles. The van der Waals surface area contributed by atoms with Crippen molar-refractivity contribution in [3.8, 4) is 0 Å². The number of rotatable bonds is 59. The number of ether oxygens (including phenoxy) is 2. The average molecular weight is 1140 g/mol. The Morgan fingerprint density at radius 2 is 0.713 bits per heavy atom. The fourth-order valence-corrected chi connectivity index (χ4v) is 9.57. The Balaban J connectivity index is 4.07. The molecule has 0 bridgehead atoms. The number of phosphoric acid groups is 1.